The molecular formula is C42H72N+. The molecule has 2 aromatic rings. The van der Waals surface area contributed by atoms with Gasteiger partial charge in [0.15, 0.2) is 18.4 Å². The quantitative estimate of drug-likeness (QED) is 0.0655. The molecule has 1 aromatic carbocycles. The van der Waals surface area contributed by atoms with E-state index in [0.717, 1.165) is 6.42 Å². The Morgan fingerprint density at radius 2 is 0.791 bits per heavy atom. The Kier molecular flexibility index (Phi) is 23.4. The third-order valence-electron chi connectivity index (χ3n) is 9.57. The molecule has 0 aliphatic carbocycles. The first-order chi connectivity index (χ1) is 21.3. The van der Waals surface area contributed by atoms with E-state index in [1.54, 1.807) is 11.1 Å². The van der Waals surface area contributed by atoms with Crippen molar-refractivity contribution in [1.82, 2.24) is 0 Å². The number of pyridine rings is 1. The third kappa shape index (κ3) is 18.7. The number of rotatable bonds is 29. The van der Waals surface area contributed by atoms with Gasteiger partial charge in [0.1, 0.15) is 0 Å². The van der Waals surface area contributed by atoms with Crippen molar-refractivity contribution in [1.29, 1.82) is 0 Å². The van der Waals surface area contributed by atoms with Crippen molar-refractivity contribution >= 4 is 0 Å². The van der Waals surface area contributed by atoms with E-state index in [2.05, 4.69) is 74.1 Å². The summed E-state index contributed by atoms with van der Waals surface area (Å²) in [6.45, 7) is 6.96. The monoisotopic (exact) mass is 591 g/mol. The van der Waals surface area contributed by atoms with Crippen LogP contribution in [0.1, 0.15) is 204 Å². The number of hydrogen-bond acceptors (Lipinski definition) is 0. The van der Waals surface area contributed by atoms with Gasteiger partial charge in [0, 0.05) is 23.1 Å². The average molecular weight is 591 g/mol. The van der Waals surface area contributed by atoms with Gasteiger partial charge in [0.05, 0.1) is 0 Å². The number of hydrogen-bond donors (Lipinski definition) is 0. The van der Waals surface area contributed by atoms with Crippen LogP contribution in [0.4, 0.5) is 0 Å². The van der Waals surface area contributed by atoms with Crippen LogP contribution in [0.2, 0.25) is 0 Å². The van der Waals surface area contributed by atoms with Gasteiger partial charge in [-0.25, -0.2) is 0 Å². The van der Waals surface area contributed by atoms with Crippen LogP contribution >= 0.6 is 0 Å². The molecule has 0 bridgehead atoms. The lowest BCUT2D eigenvalue weighted by molar-refractivity contribution is -0.714. The van der Waals surface area contributed by atoms with Crippen LogP contribution in [0.15, 0.2) is 48.8 Å². The molecule has 2 rings (SSSR count). The Morgan fingerprint density at radius 3 is 1.14 bits per heavy atom. The zero-order valence-electron chi connectivity index (χ0n) is 29.2. The molecule has 1 aromatic heterocycles. The molecule has 0 aliphatic heterocycles. The molecule has 0 saturated carbocycles. The van der Waals surface area contributed by atoms with Gasteiger partial charge in [-0.05, 0) is 31.7 Å². The highest BCUT2D eigenvalue weighted by atomic mass is 15.0. The summed E-state index contributed by atoms with van der Waals surface area (Å²) in [4.78, 5) is 0. The summed E-state index contributed by atoms with van der Waals surface area (Å²) in [6.07, 6.45) is 42.6. The van der Waals surface area contributed by atoms with Crippen LogP contribution in [0, 0.1) is 0 Å². The second kappa shape index (κ2) is 26.7. The normalized spacial score (nSPS) is 12.2. The molecule has 1 heterocycles. The highest BCUT2D eigenvalue weighted by molar-refractivity contribution is 5.19. The molecule has 0 N–H and O–H groups in total. The van der Waals surface area contributed by atoms with E-state index in [1.165, 1.54) is 173 Å². The Balaban J connectivity index is 1.75. The largest absolute Gasteiger partial charge is 0.198 e. The first kappa shape index (κ1) is 37.6. The van der Waals surface area contributed by atoms with E-state index in [-0.39, 0.29) is 0 Å². The fraction of sp³-hybridized carbons (Fsp3) is 0.738. The molecule has 0 spiro atoms. The first-order valence-corrected chi connectivity index (χ1v) is 19.4. The number of unbranched alkanes of at least 4 members (excludes halogenated alkanes) is 22. The van der Waals surface area contributed by atoms with Crippen LogP contribution in [-0.4, -0.2) is 0 Å². The van der Waals surface area contributed by atoms with Crippen molar-refractivity contribution in [2.75, 3.05) is 0 Å². The van der Waals surface area contributed by atoms with Crippen molar-refractivity contribution in [2.24, 2.45) is 0 Å². The van der Waals surface area contributed by atoms with Crippen molar-refractivity contribution in [3.63, 3.8) is 0 Å². The van der Waals surface area contributed by atoms with Gasteiger partial charge in [-0.15, -0.1) is 0 Å². The van der Waals surface area contributed by atoms with E-state index >= 15 is 0 Å². The number of nitrogens with zero attached hydrogens (tertiary/aromatic N) is 1. The van der Waals surface area contributed by atoms with Crippen LogP contribution in [0.3, 0.4) is 0 Å². The molecule has 1 heteroatoms. The zero-order chi connectivity index (χ0) is 30.6. The summed E-state index contributed by atoms with van der Waals surface area (Å²) >= 11 is 0. The predicted octanol–water partition coefficient (Wildman–Crippen LogP) is 13.5. The molecule has 0 saturated heterocycles. The molecule has 0 fully saturated rings. The van der Waals surface area contributed by atoms with Gasteiger partial charge < -0.3 is 0 Å². The Bertz CT molecular complexity index is 825. The minimum absolute atomic E-state index is 0.434. The van der Waals surface area contributed by atoms with E-state index in [4.69, 9.17) is 0 Å². The van der Waals surface area contributed by atoms with E-state index in [0.29, 0.717) is 6.04 Å². The summed E-state index contributed by atoms with van der Waals surface area (Å²) in [6, 6.07) is 14.1. The lowest BCUT2D eigenvalue weighted by atomic mass is 9.99. The van der Waals surface area contributed by atoms with E-state index in [1.807, 2.05) is 0 Å². The summed E-state index contributed by atoms with van der Waals surface area (Å²) in [5, 5.41) is 0. The van der Waals surface area contributed by atoms with Crippen molar-refractivity contribution in [2.45, 2.75) is 200 Å². The number of aryl methyl sites for hydroxylation is 2. The number of aromatic nitrogens is 1. The average Bonchev–Trinajstić information content (AvgIpc) is 3.03. The minimum atomic E-state index is 0.434. The minimum Gasteiger partial charge on any atom is -0.198 e. The van der Waals surface area contributed by atoms with Crippen molar-refractivity contribution in [3.8, 4) is 0 Å². The fourth-order valence-corrected chi connectivity index (χ4v) is 6.82. The van der Waals surface area contributed by atoms with Gasteiger partial charge >= 0.3 is 0 Å². The predicted molar refractivity (Wildman–Crippen MR) is 191 cm³/mol. The van der Waals surface area contributed by atoms with Crippen LogP contribution in [-0.2, 0) is 12.8 Å². The molecule has 1 nitrogen and oxygen atoms in total. The van der Waals surface area contributed by atoms with Gasteiger partial charge in [-0.2, -0.15) is 4.57 Å². The maximum absolute atomic E-state index is 2.56. The first-order valence-electron chi connectivity index (χ1n) is 19.4. The lowest BCUT2D eigenvalue weighted by Gasteiger charge is -2.14. The van der Waals surface area contributed by atoms with E-state index < -0.39 is 0 Å². The maximum Gasteiger partial charge on any atom is 0.183 e. The van der Waals surface area contributed by atoms with Gasteiger partial charge in [0.25, 0.3) is 0 Å². The smallest absolute Gasteiger partial charge is 0.183 e. The molecule has 0 radical (unpaired) electrons. The maximum atomic E-state index is 2.56. The Labute approximate surface area is 269 Å². The zero-order valence-corrected chi connectivity index (χ0v) is 29.2. The molecule has 43 heavy (non-hydrogen) atoms. The Hall–Kier alpha value is -1.63. The van der Waals surface area contributed by atoms with Gasteiger partial charge in [-0.3, -0.25) is 0 Å². The van der Waals surface area contributed by atoms with Gasteiger partial charge in [0.2, 0.25) is 0 Å². The van der Waals surface area contributed by atoms with E-state index in [9.17, 15) is 0 Å². The second-order valence-electron chi connectivity index (χ2n) is 13.6. The molecule has 0 aliphatic rings. The molecule has 0 amide bonds. The summed E-state index contributed by atoms with van der Waals surface area (Å²) < 4.78 is 2.56. The summed E-state index contributed by atoms with van der Waals surface area (Å²) in [5.74, 6) is 0. The summed E-state index contributed by atoms with van der Waals surface area (Å²) in [5.41, 5.74) is 4.55. The standard InChI is InChI=1S/C42H72N/c1-4-7-9-11-13-15-17-19-21-23-25-28-32-39-36-40(33-29-26-24-22-20-18-16-14-12-10-8-5-2)38-43(37-39)42(6-3)41-34-30-27-31-35-41/h27,30-31,34-38,42H,4-26,28-29,32-33H2,1-3H3/q+1. The highest BCUT2D eigenvalue weighted by Gasteiger charge is 2.20. The van der Waals surface area contributed by atoms with Crippen molar-refractivity contribution < 1.29 is 4.57 Å². The number of benzene rings is 1. The van der Waals surface area contributed by atoms with Crippen LogP contribution < -0.4 is 4.57 Å². The third-order valence-corrected chi connectivity index (χ3v) is 9.57. The molecule has 1 unspecified atom stereocenters. The van der Waals surface area contributed by atoms with Crippen LogP contribution in [0.25, 0.3) is 0 Å². The van der Waals surface area contributed by atoms with Crippen LogP contribution in [0.5, 0.6) is 0 Å². The second-order valence-corrected chi connectivity index (χ2v) is 13.6. The SMILES string of the molecule is CCCCCCCCCCCCCCc1cc(CCCCCCCCCCCCCC)c[n+](C(CC)c2ccccc2)c1. The summed E-state index contributed by atoms with van der Waals surface area (Å²) in [7, 11) is 0. The fourth-order valence-electron chi connectivity index (χ4n) is 6.82. The molecular weight excluding hydrogens is 518 g/mol. The van der Waals surface area contributed by atoms with Crippen molar-refractivity contribution in [3.05, 3.63) is 65.5 Å². The Morgan fingerprint density at radius 1 is 0.442 bits per heavy atom. The molecule has 1 atom stereocenters. The topological polar surface area (TPSA) is 3.88 Å². The van der Waals surface area contributed by atoms with Gasteiger partial charge in [-0.1, -0.05) is 192 Å². The highest BCUT2D eigenvalue weighted by Crippen LogP contribution is 2.20. The molecule has 244 valence electrons. The lowest BCUT2D eigenvalue weighted by Crippen LogP contribution is -2.40.